The van der Waals surface area contributed by atoms with E-state index in [1.54, 1.807) is 30.3 Å². The van der Waals surface area contributed by atoms with E-state index in [9.17, 15) is 18.5 Å². The van der Waals surface area contributed by atoms with Gasteiger partial charge in [-0.2, -0.15) is 0 Å². The first-order valence-electron chi connectivity index (χ1n) is 8.37. The lowest BCUT2D eigenvalue weighted by Gasteiger charge is -2.25. The lowest BCUT2D eigenvalue weighted by molar-refractivity contribution is -0.385. The van der Waals surface area contributed by atoms with Crippen LogP contribution in [0.15, 0.2) is 83.8 Å². The second-order valence-electron chi connectivity index (χ2n) is 5.93. The number of hydrogen-bond donors (Lipinski definition) is 0. The third-order valence-corrected chi connectivity index (χ3v) is 5.95. The van der Waals surface area contributed by atoms with E-state index >= 15 is 0 Å². The molecule has 0 fully saturated rings. The van der Waals surface area contributed by atoms with Crippen molar-refractivity contribution in [1.82, 2.24) is 0 Å². The average Bonchev–Trinajstić information content (AvgIpc) is 2.72. The predicted octanol–water partition coefficient (Wildman–Crippen LogP) is 4.00. The maximum atomic E-state index is 13.5. The quantitative estimate of drug-likeness (QED) is 0.443. The first-order valence-corrected chi connectivity index (χ1v) is 9.81. The molecule has 144 valence electrons. The van der Waals surface area contributed by atoms with Gasteiger partial charge in [0.2, 0.25) is 0 Å². The third kappa shape index (κ3) is 3.96. The average molecular weight is 398 g/mol. The maximum Gasteiger partial charge on any atom is 0.273 e. The normalized spacial score (nSPS) is 11.0. The van der Waals surface area contributed by atoms with E-state index in [1.165, 1.54) is 17.5 Å². The molecular formula is C20H18N2O5S. The Kier molecular flexibility index (Phi) is 5.60. The number of benzene rings is 3. The molecule has 3 aromatic carbocycles. The Morgan fingerprint density at radius 3 is 2.14 bits per heavy atom. The minimum absolute atomic E-state index is 0.0804. The minimum atomic E-state index is -4.05. The van der Waals surface area contributed by atoms with Gasteiger partial charge in [-0.05, 0) is 23.8 Å². The molecule has 0 bridgehead atoms. The summed E-state index contributed by atoms with van der Waals surface area (Å²) >= 11 is 0. The SMILES string of the molecule is COc1cc([N+](=O)[O-])ccc1S(=O)(=O)N(Cc1ccccc1)c1ccccc1. The van der Waals surface area contributed by atoms with Crippen molar-refractivity contribution < 1.29 is 18.1 Å². The van der Waals surface area contributed by atoms with Gasteiger partial charge in [0.05, 0.1) is 30.3 Å². The molecule has 0 aromatic heterocycles. The van der Waals surface area contributed by atoms with Crippen LogP contribution in [0.3, 0.4) is 0 Å². The van der Waals surface area contributed by atoms with Gasteiger partial charge in [0, 0.05) is 6.07 Å². The standard InChI is InChI=1S/C20H18N2O5S/c1-27-19-14-18(22(23)24)12-13-20(19)28(25,26)21(17-10-6-3-7-11-17)15-16-8-4-2-5-9-16/h2-14H,15H2,1H3. The molecule has 0 saturated carbocycles. The molecule has 0 heterocycles. The maximum absolute atomic E-state index is 13.5. The number of methoxy groups -OCH3 is 1. The smallest absolute Gasteiger partial charge is 0.273 e. The topological polar surface area (TPSA) is 89.7 Å². The van der Waals surface area contributed by atoms with Gasteiger partial charge in [-0.25, -0.2) is 8.42 Å². The largest absolute Gasteiger partial charge is 0.495 e. The number of ether oxygens (including phenoxy) is 1. The van der Waals surface area contributed by atoms with Crippen LogP contribution in [-0.4, -0.2) is 20.5 Å². The monoisotopic (exact) mass is 398 g/mol. The van der Waals surface area contributed by atoms with Gasteiger partial charge in [0.15, 0.2) is 0 Å². The molecule has 28 heavy (non-hydrogen) atoms. The number of non-ortho nitro benzene ring substituents is 1. The fraction of sp³-hybridized carbons (Fsp3) is 0.100. The molecule has 3 rings (SSSR count). The van der Waals surface area contributed by atoms with Crippen LogP contribution in [-0.2, 0) is 16.6 Å². The van der Waals surface area contributed by atoms with Crippen LogP contribution in [0.25, 0.3) is 0 Å². The molecule has 0 aliphatic carbocycles. The molecule has 0 amide bonds. The molecule has 0 saturated heterocycles. The fourth-order valence-corrected chi connectivity index (χ4v) is 4.35. The van der Waals surface area contributed by atoms with Crippen molar-refractivity contribution in [2.45, 2.75) is 11.4 Å². The highest BCUT2D eigenvalue weighted by atomic mass is 32.2. The first-order chi connectivity index (χ1) is 13.4. The highest BCUT2D eigenvalue weighted by molar-refractivity contribution is 7.92. The molecule has 3 aromatic rings. The Morgan fingerprint density at radius 2 is 1.57 bits per heavy atom. The van der Waals surface area contributed by atoms with Crippen molar-refractivity contribution in [3.05, 3.63) is 94.5 Å². The molecule has 8 heteroatoms. The van der Waals surface area contributed by atoms with Crippen LogP contribution in [0.4, 0.5) is 11.4 Å². The van der Waals surface area contributed by atoms with Crippen LogP contribution < -0.4 is 9.04 Å². The third-order valence-electron chi connectivity index (χ3n) is 4.14. The Morgan fingerprint density at radius 1 is 0.964 bits per heavy atom. The summed E-state index contributed by atoms with van der Waals surface area (Å²) in [6.45, 7) is 0.104. The molecule has 0 radical (unpaired) electrons. The Labute approximate surface area is 163 Å². The molecule has 0 spiro atoms. The van der Waals surface area contributed by atoms with Gasteiger partial charge in [-0.15, -0.1) is 0 Å². The van der Waals surface area contributed by atoms with Gasteiger partial charge in [-0.3, -0.25) is 14.4 Å². The van der Waals surface area contributed by atoms with E-state index in [1.807, 2.05) is 30.3 Å². The molecule has 0 aliphatic rings. The lowest BCUT2D eigenvalue weighted by Crippen LogP contribution is -2.30. The molecule has 0 aliphatic heterocycles. The number of nitrogens with zero attached hydrogens (tertiary/aromatic N) is 2. The van der Waals surface area contributed by atoms with Gasteiger partial charge in [-0.1, -0.05) is 48.5 Å². The van der Waals surface area contributed by atoms with Crippen molar-refractivity contribution in [1.29, 1.82) is 0 Å². The van der Waals surface area contributed by atoms with Crippen molar-refractivity contribution in [2.75, 3.05) is 11.4 Å². The van der Waals surface area contributed by atoms with Crippen LogP contribution >= 0.6 is 0 Å². The number of nitro benzene ring substituents is 1. The van der Waals surface area contributed by atoms with Gasteiger partial charge >= 0.3 is 0 Å². The lowest BCUT2D eigenvalue weighted by atomic mass is 10.2. The molecule has 0 unspecified atom stereocenters. The Hall–Kier alpha value is -3.39. The fourth-order valence-electron chi connectivity index (χ4n) is 2.76. The zero-order valence-electron chi connectivity index (χ0n) is 15.1. The van der Waals surface area contributed by atoms with Crippen LogP contribution in [0.1, 0.15) is 5.56 Å². The second-order valence-corrected chi connectivity index (χ2v) is 7.76. The van der Waals surface area contributed by atoms with E-state index in [0.29, 0.717) is 5.69 Å². The van der Waals surface area contributed by atoms with Gasteiger partial charge < -0.3 is 4.74 Å². The molecule has 0 N–H and O–H groups in total. The number of sulfonamides is 1. The summed E-state index contributed by atoms with van der Waals surface area (Å²) in [6.07, 6.45) is 0. The number of nitro groups is 1. The second kappa shape index (κ2) is 8.10. The summed E-state index contributed by atoms with van der Waals surface area (Å²) in [5, 5.41) is 11.0. The predicted molar refractivity (Wildman–Crippen MR) is 106 cm³/mol. The van der Waals surface area contributed by atoms with E-state index in [0.717, 1.165) is 17.7 Å². The van der Waals surface area contributed by atoms with Gasteiger partial charge in [0.1, 0.15) is 10.6 Å². The summed E-state index contributed by atoms with van der Waals surface area (Å²) in [5.74, 6) is -0.0804. The Balaban J connectivity index is 2.12. The summed E-state index contributed by atoms with van der Waals surface area (Å²) in [5.41, 5.74) is 1.03. The minimum Gasteiger partial charge on any atom is -0.495 e. The van der Waals surface area contributed by atoms with Crippen LogP contribution in [0.2, 0.25) is 0 Å². The van der Waals surface area contributed by atoms with E-state index in [4.69, 9.17) is 4.74 Å². The first kappa shape index (κ1) is 19.4. The highest BCUT2D eigenvalue weighted by Crippen LogP contribution is 2.33. The molecular weight excluding hydrogens is 380 g/mol. The summed E-state index contributed by atoms with van der Waals surface area (Å²) in [7, 11) is -2.77. The van der Waals surface area contributed by atoms with E-state index < -0.39 is 14.9 Å². The van der Waals surface area contributed by atoms with Crippen molar-refractivity contribution in [3.8, 4) is 5.75 Å². The molecule has 7 nitrogen and oxygen atoms in total. The highest BCUT2D eigenvalue weighted by Gasteiger charge is 2.29. The summed E-state index contributed by atoms with van der Waals surface area (Å²) in [6, 6.07) is 21.3. The van der Waals surface area contributed by atoms with Crippen LogP contribution in [0, 0.1) is 10.1 Å². The molecule has 0 atom stereocenters. The van der Waals surface area contributed by atoms with E-state index in [-0.39, 0.29) is 22.9 Å². The van der Waals surface area contributed by atoms with Crippen LogP contribution in [0.5, 0.6) is 5.75 Å². The number of rotatable bonds is 7. The summed E-state index contributed by atoms with van der Waals surface area (Å²) in [4.78, 5) is 10.3. The Bertz CT molecular complexity index is 1070. The zero-order chi connectivity index (χ0) is 20.1. The zero-order valence-corrected chi connectivity index (χ0v) is 15.9. The number of hydrogen-bond acceptors (Lipinski definition) is 5. The number of para-hydroxylation sites is 1. The van der Waals surface area contributed by atoms with Crippen molar-refractivity contribution in [2.24, 2.45) is 0 Å². The van der Waals surface area contributed by atoms with Crippen molar-refractivity contribution >= 4 is 21.4 Å². The number of anilines is 1. The summed E-state index contributed by atoms with van der Waals surface area (Å²) < 4.78 is 33.4. The van der Waals surface area contributed by atoms with Gasteiger partial charge in [0.25, 0.3) is 15.7 Å². The van der Waals surface area contributed by atoms with E-state index in [2.05, 4.69) is 0 Å². The van der Waals surface area contributed by atoms with Crippen molar-refractivity contribution in [3.63, 3.8) is 0 Å².